The number of alkyl halides is 3. The molecule has 176 valence electrons. The number of aliphatic imine (C=N–C) groups is 1. The van der Waals surface area contributed by atoms with Gasteiger partial charge in [-0.15, -0.1) is 35.3 Å². The quantitative estimate of drug-likeness (QED) is 0.333. The zero-order chi connectivity index (χ0) is 21.6. The summed E-state index contributed by atoms with van der Waals surface area (Å²) in [6.45, 7) is 7.82. The van der Waals surface area contributed by atoms with Gasteiger partial charge in [0.25, 0.3) is 0 Å². The third-order valence-corrected chi connectivity index (χ3v) is 6.11. The van der Waals surface area contributed by atoms with Crippen molar-refractivity contribution in [1.29, 1.82) is 0 Å². The molecule has 0 spiro atoms. The van der Waals surface area contributed by atoms with Crippen molar-refractivity contribution in [3.63, 3.8) is 0 Å². The fourth-order valence-corrected chi connectivity index (χ4v) is 4.36. The van der Waals surface area contributed by atoms with Gasteiger partial charge < -0.3 is 15.1 Å². The van der Waals surface area contributed by atoms with Crippen molar-refractivity contribution in [2.45, 2.75) is 38.9 Å². The molecule has 7 nitrogen and oxygen atoms in total. The molecule has 1 aromatic heterocycles. The van der Waals surface area contributed by atoms with E-state index in [2.05, 4.69) is 25.1 Å². The van der Waals surface area contributed by atoms with Crippen LogP contribution < -0.4 is 5.32 Å². The Labute approximate surface area is 202 Å². The van der Waals surface area contributed by atoms with E-state index in [0.717, 1.165) is 55.7 Å². The lowest BCUT2D eigenvalue weighted by Crippen LogP contribution is -2.54. The number of piperazine rings is 1. The summed E-state index contributed by atoms with van der Waals surface area (Å²) in [5.41, 5.74) is -0.866. The maximum Gasteiger partial charge on any atom is 0.434 e. The van der Waals surface area contributed by atoms with Gasteiger partial charge in [0.15, 0.2) is 11.7 Å². The highest BCUT2D eigenvalue weighted by molar-refractivity contribution is 14.0. The van der Waals surface area contributed by atoms with Gasteiger partial charge in [0.1, 0.15) is 5.01 Å². The van der Waals surface area contributed by atoms with Crippen molar-refractivity contribution in [3.8, 4) is 0 Å². The number of amides is 1. The van der Waals surface area contributed by atoms with Gasteiger partial charge in [0, 0.05) is 51.2 Å². The number of likely N-dealkylation sites (tertiary alicyclic amines) is 1. The number of rotatable bonds is 5. The van der Waals surface area contributed by atoms with Crippen molar-refractivity contribution < 1.29 is 18.0 Å². The Kier molecular flexibility index (Phi) is 10.3. The second-order valence-corrected chi connectivity index (χ2v) is 8.44. The van der Waals surface area contributed by atoms with Crippen LogP contribution in [0, 0.1) is 0 Å². The number of guanidine groups is 1. The number of carbonyl (C=O) groups excluding carboxylic acids is 1. The van der Waals surface area contributed by atoms with E-state index in [1.807, 2.05) is 11.8 Å². The molecule has 3 heterocycles. The normalized spacial score (nSPS) is 18.6. The van der Waals surface area contributed by atoms with E-state index < -0.39 is 11.9 Å². The smallest absolute Gasteiger partial charge is 0.357 e. The lowest BCUT2D eigenvalue weighted by Gasteiger charge is -2.37. The molecular weight excluding hydrogens is 544 g/mol. The van der Waals surface area contributed by atoms with Crippen molar-refractivity contribution in [2.24, 2.45) is 4.99 Å². The van der Waals surface area contributed by atoms with Gasteiger partial charge in [0.2, 0.25) is 5.91 Å². The minimum absolute atomic E-state index is 0. The third-order valence-electron chi connectivity index (χ3n) is 5.28. The molecule has 0 aliphatic carbocycles. The Bertz CT molecular complexity index is 730. The Hall–Kier alpha value is -1.15. The van der Waals surface area contributed by atoms with E-state index in [-0.39, 0.29) is 36.4 Å². The zero-order valence-corrected chi connectivity index (χ0v) is 20.8. The molecule has 31 heavy (non-hydrogen) atoms. The van der Waals surface area contributed by atoms with Crippen LogP contribution in [0.25, 0.3) is 0 Å². The first-order valence-electron chi connectivity index (χ1n) is 10.4. The number of nitrogens with zero attached hydrogens (tertiary/aromatic N) is 5. The molecule has 1 aromatic rings. The van der Waals surface area contributed by atoms with Crippen LogP contribution in [0.15, 0.2) is 10.4 Å². The highest BCUT2D eigenvalue weighted by Gasteiger charge is 2.33. The minimum Gasteiger partial charge on any atom is -0.357 e. The second-order valence-electron chi connectivity index (χ2n) is 7.50. The van der Waals surface area contributed by atoms with Crippen LogP contribution in [0.5, 0.6) is 0 Å². The number of thiazole rings is 1. The molecule has 2 saturated heterocycles. The van der Waals surface area contributed by atoms with Gasteiger partial charge in [-0.1, -0.05) is 0 Å². The summed E-state index contributed by atoms with van der Waals surface area (Å²) in [7, 11) is 0. The minimum atomic E-state index is -4.43. The van der Waals surface area contributed by atoms with Crippen LogP contribution in [0.3, 0.4) is 0 Å². The van der Waals surface area contributed by atoms with Crippen molar-refractivity contribution in [3.05, 3.63) is 16.1 Å². The average molecular weight is 574 g/mol. The topological polar surface area (TPSA) is 64.1 Å². The molecule has 1 amide bonds. The highest BCUT2D eigenvalue weighted by Crippen LogP contribution is 2.30. The molecule has 2 aliphatic heterocycles. The van der Waals surface area contributed by atoms with Crippen LogP contribution in [-0.4, -0.2) is 83.9 Å². The van der Waals surface area contributed by atoms with Crippen LogP contribution >= 0.6 is 35.3 Å². The predicted octanol–water partition coefficient (Wildman–Crippen LogP) is 2.88. The van der Waals surface area contributed by atoms with E-state index >= 15 is 0 Å². The van der Waals surface area contributed by atoms with Gasteiger partial charge in [-0.2, -0.15) is 13.2 Å². The molecule has 0 bridgehead atoms. The summed E-state index contributed by atoms with van der Waals surface area (Å²) in [5.74, 6) is 0.872. The predicted molar refractivity (Wildman–Crippen MR) is 126 cm³/mol. The van der Waals surface area contributed by atoms with Gasteiger partial charge in [-0.05, 0) is 26.2 Å². The first kappa shape index (κ1) is 26.1. The molecular formula is C19H30F3IN6OS. The van der Waals surface area contributed by atoms with Crippen molar-refractivity contribution in [1.82, 2.24) is 25.0 Å². The fourth-order valence-electron chi connectivity index (χ4n) is 3.63. The molecule has 3 rings (SSSR count). The monoisotopic (exact) mass is 574 g/mol. The summed E-state index contributed by atoms with van der Waals surface area (Å²) in [6, 6.07) is 0. The number of halogens is 4. The number of piperidine rings is 1. The first-order chi connectivity index (χ1) is 14.4. The molecule has 1 N–H and O–H groups in total. The lowest BCUT2D eigenvalue weighted by molar-refractivity contribution is -0.140. The van der Waals surface area contributed by atoms with E-state index in [9.17, 15) is 18.0 Å². The number of aromatic nitrogens is 1. The van der Waals surface area contributed by atoms with E-state index in [1.165, 1.54) is 6.42 Å². The van der Waals surface area contributed by atoms with Gasteiger partial charge in [-0.3, -0.25) is 9.69 Å². The fraction of sp³-hybridized carbons (Fsp3) is 0.737. The number of nitrogens with one attached hydrogen (secondary N) is 1. The van der Waals surface area contributed by atoms with Crippen LogP contribution in [0.4, 0.5) is 13.2 Å². The average Bonchev–Trinajstić information content (AvgIpc) is 3.22. The molecule has 0 saturated carbocycles. The molecule has 12 heteroatoms. The Morgan fingerprint density at radius 3 is 2.39 bits per heavy atom. The summed E-state index contributed by atoms with van der Waals surface area (Å²) in [5, 5.41) is 4.56. The summed E-state index contributed by atoms with van der Waals surface area (Å²) in [4.78, 5) is 26.8. The van der Waals surface area contributed by atoms with Crippen molar-refractivity contribution in [2.75, 3.05) is 52.4 Å². The van der Waals surface area contributed by atoms with Gasteiger partial charge in [0.05, 0.1) is 13.1 Å². The van der Waals surface area contributed by atoms with E-state index in [0.29, 0.717) is 37.1 Å². The maximum absolute atomic E-state index is 12.7. The van der Waals surface area contributed by atoms with E-state index in [1.54, 1.807) is 0 Å². The largest absolute Gasteiger partial charge is 0.434 e. The van der Waals surface area contributed by atoms with Crippen LogP contribution in [0.2, 0.25) is 0 Å². The molecule has 0 atom stereocenters. The third kappa shape index (κ3) is 7.74. The zero-order valence-electron chi connectivity index (χ0n) is 17.7. The maximum atomic E-state index is 12.7. The summed E-state index contributed by atoms with van der Waals surface area (Å²) >= 11 is 0.969. The number of carbonyl (C=O) groups is 1. The number of hydrogen-bond donors (Lipinski definition) is 1. The summed E-state index contributed by atoms with van der Waals surface area (Å²) in [6.07, 6.45) is -1.05. The van der Waals surface area contributed by atoms with Crippen LogP contribution in [0.1, 0.15) is 36.9 Å². The summed E-state index contributed by atoms with van der Waals surface area (Å²) < 4.78 is 38.1. The van der Waals surface area contributed by atoms with Crippen molar-refractivity contribution >= 4 is 47.2 Å². The number of hydrogen-bond acceptors (Lipinski definition) is 5. The first-order valence-corrected chi connectivity index (χ1v) is 11.3. The standard InChI is InChI=1S/C19H29F3N6OS.HI/c1-2-23-18(24-12-16-25-15(14-30-16)19(20,21)22)28-10-8-26(9-11-28)13-17(29)27-6-4-3-5-7-27;/h14H,2-13H2,1H3,(H,23,24);1H. The Morgan fingerprint density at radius 1 is 1.13 bits per heavy atom. The highest BCUT2D eigenvalue weighted by atomic mass is 127. The van der Waals surface area contributed by atoms with Crippen LogP contribution in [-0.2, 0) is 17.5 Å². The molecule has 0 radical (unpaired) electrons. The lowest BCUT2D eigenvalue weighted by atomic mass is 10.1. The molecule has 2 aliphatic rings. The molecule has 2 fully saturated rings. The molecule has 0 unspecified atom stereocenters. The molecule has 0 aromatic carbocycles. The second kappa shape index (κ2) is 12.2. The van der Waals surface area contributed by atoms with Gasteiger partial charge in [-0.25, -0.2) is 9.98 Å². The van der Waals surface area contributed by atoms with E-state index in [4.69, 9.17) is 0 Å². The SMILES string of the molecule is CCNC(=NCc1nc(C(F)(F)F)cs1)N1CCN(CC(=O)N2CCCCC2)CC1.I. The van der Waals surface area contributed by atoms with Gasteiger partial charge >= 0.3 is 6.18 Å². The Balaban J connectivity index is 0.00000341. The Morgan fingerprint density at radius 2 is 1.81 bits per heavy atom.